The molecule has 4 aromatic rings. The number of aromatic amines is 1. The van der Waals surface area contributed by atoms with Crippen LogP contribution in [0.2, 0.25) is 0 Å². The minimum absolute atomic E-state index is 0.187. The monoisotopic (exact) mass is 416 g/mol. The van der Waals surface area contributed by atoms with Crippen molar-refractivity contribution >= 4 is 30.6 Å². The molecule has 0 bridgehead atoms. The van der Waals surface area contributed by atoms with Crippen LogP contribution in [0.1, 0.15) is 16.7 Å². The van der Waals surface area contributed by atoms with Gasteiger partial charge in [-0.25, -0.2) is 14.8 Å². The number of thiol groups is 1. The highest BCUT2D eigenvalue weighted by Crippen LogP contribution is 2.34. The zero-order valence-electron chi connectivity index (χ0n) is 16.3. The lowest BCUT2D eigenvalue weighted by atomic mass is 10.1. The van der Waals surface area contributed by atoms with Crippen LogP contribution < -0.4 is 11.0 Å². The molecule has 0 saturated carbocycles. The van der Waals surface area contributed by atoms with Gasteiger partial charge in [-0.05, 0) is 30.2 Å². The third kappa shape index (κ3) is 3.35. The number of anilines is 1. The van der Waals surface area contributed by atoms with Gasteiger partial charge in [0.1, 0.15) is 17.2 Å². The number of nitrogens with one attached hydrogen (secondary N) is 2. The van der Waals surface area contributed by atoms with E-state index in [0.29, 0.717) is 36.1 Å². The lowest BCUT2D eigenvalue weighted by Crippen LogP contribution is -2.19. The fraction of sp³-hybridized carbons (Fsp3) is 0.136. The maximum atomic E-state index is 12.7. The van der Waals surface area contributed by atoms with Gasteiger partial charge in [0.15, 0.2) is 5.82 Å². The third-order valence-corrected chi connectivity index (χ3v) is 5.47. The Morgan fingerprint density at radius 3 is 2.47 bits per heavy atom. The summed E-state index contributed by atoms with van der Waals surface area (Å²) in [5, 5.41) is 3.15. The van der Waals surface area contributed by atoms with E-state index >= 15 is 0 Å². The summed E-state index contributed by atoms with van der Waals surface area (Å²) in [6.45, 7) is 3.12. The average Bonchev–Trinajstić information content (AvgIpc) is 3.21. The Kier molecular flexibility index (Phi) is 4.55. The molecule has 2 aromatic carbocycles. The van der Waals surface area contributed by atoms with E-state index < -0.39 is 0 Å². The zero-order chi connectivity index (χ0) is 20.7. The van der Waals surface area contributed by atoms with Crippen LogP contribution in [0.4, 0.5) is 11.6 Å². The summed E-state index contributed by atoms with van der Waals surface area (Å²) in [5.74, 6) is 1.35. The molecule has 0 spiro atoms. The normalized spacial score (nSPS) is 12.2. The third-order valence-electron chi connectivity index (χ3n) is 5.17. The number of hydrogen-bond donors (Lipinski definition) is 3. The van der Waals surface area contributed by atoms with Crippen LogP contribution in [0, 0.1) is 6.92 Å². The maximum absolute atomic E-state index is 12.7. The summed E-state index contributed by atoms with van der Waals surface area (Å²) < 4.78 is 3.64. The largest absolute Gasteiger partial charge is 0.330 e. The molecule has 30 heavy (non-hydrogen) atoms. The first-order valence-corrected chi connectivity index (χ1v) is 10.0. The Labute approximate surface area is 178 Å². The topological polar surface area (TPSA) is 80.0 Å². The number of hydrogen-bond acceptors (Lipinski definition) is 5. The quantitative estimate of drug-likeness (QED) is 0.443. The molecule has 0 saturated heterocycles. The molecule has 0 fully saturated rings. The SMILES string of the molecule is Cc1ccc(Cn2c3c([nH]c2=O)-c2ncn(Cc4ccc(S)cc4)c2N=CN3)cc1. The average molecular weight is 417 g/mol. The molecule has 2 N–H and O–H groups in total. The predicted molar refractivity (Wildman–Crippen MR) is 121 cm³/mol. The molecule has 1 aliphatic rings. The molecular formula is C22H20N6OS. The highest BCUT2D eigenvalue weighted by atomic mass is 32.1. The molecule has 0 aliphatic carbocycles. The Hall–Kier alpha value is -3.52. The summed E-state index contributed by atoms with van der Waals surface area (Å²) in [6, 6.07) is 16.1. The Bertz CT molecular complexity index is 1300. The number of H-pyrrole nitrogens is 1. The van der Waals surface area contributed by atoms with Crippen molar-refractivity contribution in [2.45, 2.75) is 24.9 Å². The molecule has 0 unspecified atom stereocenters. The zero-order valence-corrected chi connectivity index (χ0v) is 17.2. The highest BCUT2D eigenvalue weighted by molar-refractivity contribution is 7.80. The smallest absolute Gasteiger partial charge is 0.327 e. The Morgan fingerprint density at radius 1 is 1.00 bits per heavy atom. The van der Waals surface area contributed by atoms with Gasteiger partial charge in [0.25, 0.3) is 0 Å². The van der Waals surface area contributed by atoms with E-state index in [9.17, 15) is 4.79 Å². The molecule has 150 valence electrons. The van der Waals surface area contributed by atoms with Crippen LogP contribution in [0.3, 0.4) is 0 Å². The lowest BCUT2D eigenvalue weighted by molar-refractivity contribution is 0.770. The summed E-state index contributed by atoms with van der Waals surface area (Å²) in [6.07, 6.45) is 3.36. The number of aryl methyl sites for hydroxylation is 1. The number of fused-ring (bicyclic) bond motifs is 3. The summed E-state index contributed by atoms with van der Waals surface area (Å²) in [5.41, 5.74) is 4.45. The maximum Gasteiger partial charge on any atom is 0.327 e. The fourth-order valence-electron chi connectivity index (χ4n) is 3.57. The first-order chi connectivity index (χ1) is 14.6. The highest BCUT2D eigenvalue weighted by Gasteiger charge is 2.23. The van der Waals surface area contributed by atoms with E-state index in [4.69, 9.17) is 0 Å². The van der Waals surface area contributed by atoms with Gasteiger partial charge in [-0.15, -0.1) is 12.6 Å². The van der Waals surface area contributed by atoms with Crippen LogP contribution in [0.5, 0.6) is 0 Å². The molecule has 5 rings (SSSR count). The summed E-state index contributed by atoms with van der Waals surface area (Å²) in [7, 11) is 0. The van der Waals surface area contributed by atoms with Crippen molar-refractivity contribution in [1.29, 1.82) is 0 Å². The van der Waals surface area contributed by atoms with Crippen LogP contribution >= 0.6 is 12.6 Å². The van der Waals surface area contributed by atoms with Crippen LogP contribution in [-0.4, -0.2) is 25.4 Å². The van der Waals surface area contributed by atoms with Crippen molar-refractivity contribution in [3.63, 3.8) is 0 Å². The van der Waals surface area contributed by atoms with E-state index in [1.807, 2.05) is 60.0 Å². The molecule has 0 atom stereocenters. The minimum atomic E-state index is -0.187. The molecule has 0 radical (unpaired) electrons. The summed E-state index contributed by atoms with van der Waals surface area (Å²) >= 11 is 4.34. The van der Waals surface area contributed by atoms with E-state index in [1.54, 1.807) is 17.2 Å². The molecule has 3 heterocycles. The lowest BCUT2D eigenvalue weighted by Gasteiger charge is -2.07. The number of rotatable bonds is 4. The van der Waals surface area contributed by atoms with Gasteiger partial charge in [0.05, 0.1) is 25.8 Å². The van der Waals surface area contributed by atoms with Crippen LogP contribution in [0.25, 0.3) is 11.4 Å². The number of benzene rings is 2. The van der Waals surface area contributed by atoms with Crippen molar-refractivity contribution in [2.24, 2.45) is 4.99 Å². The number of imidazole rings is 2. The van der Waals surface area contributed by atoms with Crippen molar-refractivity contribution in [3.05, 3.63) is 82.0 Å². The minimum Gasteiger partial charge on any atom is -0.330 e. The second-order valence-corrected chi connectivity index (χ2v) is 7.86. The van der Waals surface area contributed by atoms with Gasteiger partial charge in [-0.1, -0.05) is 42.0 Å². The van der Waals surface area contributed by atoms with Crippen LogP contribution in [0.15, 0.2) is 69.5 Å². The van der Waals surface area contributed by atoms with Gasteiger partial charge in [-0.3, -0.25) is 4.57 Å². The second kappa shape index (κ2) is 7.38. The van der Waals surface area contributed by atoms with E-state index in [2.05, 4.69) is 32.9 Å². The van der Waals surface area contributed by atoms with Crippen molar-refractivity contribution in [1.82, 2.24) is 19.1 Å². The van der Waals surface area contributed by atoms with Gasteiger partial charge in [0, 0.05) is 4.90 Å². The van der Waals surface area contributed by atoms with E-state index in [0.717, 1.165) is 16.0 Å². The molecule has 0 amide bonds. The van der Waals surface area contributed by atoms with Gasteiger partial charge >= 0.3 is 5.69 Å². The first-order valence-electron chi connectivity index (χ1n) is 9.59. The van der Waals surface area contributed by atoms with E-state index in [-0.39, 0.29) is 5.69 Å². The molecule has 7 nitrogen and oxygen atoms in total. The van der Waals surface area contributed by atoms with Crippen LogP contribution in [-0.2, 0) is 13.1 Å². The fourth-order valence-corrected chi connectivity index (χ4v) is 3.72. The predicted octanol–water partition coefficient (Wildman–Crippen LogP) is 3.82. The first kappa shape index (κ1) is 18.5. The molecule has 8 heteroatoms. The Morgan fingerprint density at radius 2 is 1.70 bits per heavy atom. The standard InChI is InChI=1S/C22H20N6OS/c1-14-2-4-16(5-3-14)11-28-21-19(26-22(28)29)18-20(23-12-24-21)27(13-25-18)10-15-6-8-17(30)9-7-15/h2-9,12-13,30H,10-11H2,1H3,(H,23,24)(H,26,29). The van der Waals surface area contributed by atoms with E-state index in [1.165, 1.54) is 5.56 Å². The van der Waals surface area contributed by atoms with Gasteiger partial charge < -0.3 is 14.9 Å². The second-order valence-electron chi connectivity index (χ2n) is 7.34. The van der Waals surface area contributed by atoms with Gasteiger partial charge in [0.2, 0.25) is 0 Å². The van der Waals surface area contributed by atoms with Gasteiger partial charge in [-0.2, -0.15) is 0 Å². The molecule has 1 aliphatic heterocycles. The number of aromatic nitrogens is 4. The molecule has 2 aromatic heterocycles. The van der Waals surface area contributed by atoms with Crippen molar-refractivity contribution in [3.8, 4) is 11.4 Å². The summed E-state index contributed by atoms with van der Waals surface area (Å²) in [4.78, 5) is 25.7. The van der Waals surface area contributed by atoms with Crippen molar-refractivity contribution in [2.75, 3.05) is 5.32 Å². The Balaban J connectivity index is 1.52. The van der Waals surface area contributed by atoms with Crippen molar-refractivity contribution < 1.29 is 0 Å². The molecular weight excluding hydrogens is 396 g/mol. The number of nitrogens with zero attached hydrogens (tertiary/aromatic N) is 4. The number of aliphatic imine (C=N–C) groups is 1.